The van der Waals surface area contributed by atoms with Gasteiger partial charge in [-0.1, -0.05) is 22.9 Å². The number of piperidine rings is 1. The van der Waals surface area contributed by atoms with E-state index in [0.717, 1.165) is 29.2 Å². The molecule has 0 saturated carbocycles. The van der Waals surface area contributed by atoms with E-state index in [1.54, 1.807) is 0 Å². The Balaban J connectivity index is 1.36. The van der Waals surface area contributed by atoms with Crippen LogP contribution in [0.4, 0.5) is 0 Å². The highest BCUT2D eigenvalue weighted by atomic mass is 79.9. The summed E-state index contributed by atoms with van der Waals surface area (Å²) in [6.45, 7) is 8.09. The molecule has 1 fully saturated rings. The minimum atomic E-state index is 0.883. The summed E-state index contributed by atoms with van der Waals surface area (Å²) >= 11 is 3.46. The summed E-state index contributed by atoms with van der Waals surface area (Å²) in [4.78, 5) is 2.60. The number of aromatic nitrogens is 2. The van der Waals surface area contributed by atoms with Crippen LogP contribution < -0.4 is 5.32 Å². The Morgan fingerprint density at radius 1 is 1.21 bits per heavy atom. The fourth-order valence-corrected chi connectivity index (χ4v) is 3.40. The lowest BCUT2D eigenvalue weighted by Crippen LogP contribution is -2.34. The zero-order valence-electron chi connectivity index (χ0n) is 14.4. The molecule has 5 heteroatoms. The third-order valence-electron chi connectivity index (χ3n) is 4.76. The maximum Gasteiger partial charge on any atom is 0.0646 e. The third kappa shape index (κ3) is 5.16. The van der Waals surface area contributed by atoms with E-state index in [9.17, 15) is 0 Å². The van der Waals surface area contributed by atoms with E-state index in [4.69, 9.17) is 0 Å². The Bertz CT molecular complexity index is 615. The second-order valence-electron chi connectivity index (χ2n) is 6.82. The topological polar surface area (TPSA) is 33.1 Å². The summed E-state index contributed by atoms with van der Waals surface area (Å²) in [5.41, 5.74) is 2.31. The van der Waals surface area contributed by atoms with Crippen LogP contribution in [0.15, 0.2) is 41.1 Å². The van der Waals surface area contributed by atoms with Crippen molar-refractivity contribution in [2.24, 2.45) is 5.92 Å². The monoisotopic (exact) mass is 390 g/mol. The summed E-state index contributed by atoms with van der Waals surface area (Å²) in [7, 11) is 0. The summed E-state index contributed by atoms with van der Waals surface area (Å²) in [5, 5.41) is 7.99. The summed E-state index contributed by atoms with van der Waals surface area (Å²) in [5.74, 6) is 0.918. The van der Waals surface area contributed by atoms with Crippen molar-refractivity contribution >= 4 is 15.9 Å². The van der Waals surface area contributed by atoms with E-state index in [-0.39, 0.29) is 0 Å². The van der Waals surface area contributed by atoms with Crippen LogP contribution in [-0.4, -0.2) is 40.9 Å². The van der Waals surface area contributed by atoms with E-state index in [0.29, 0.717) is 0 Å². The number of hydrogen-bond donors (Lipinski definition) is 1. The number of likely N-dealkylation sites (tertiary alicyclic amines) is 1. The quantitative estimate of drug-likeness (QED) is 0.728. The highest BCUT2D eigenvalue weighted by Crippen LogP contribution is 2.16. The van der Waals surface area contributed by atoms with Gasteiger partial charge in [0.15, 0.2) is 0 Å². The number of benzene rings is 1. The first kappa shape index (κ1) is 17.6. The molecule has 1 aromatic carbocycles. The first-order valence-corrected chi connectivity index (χ1v) is 9.72. The highest BCUT2D eigenvalue weighted by Gasteiger charge is 2.14. The fraction of sp³-hybridized carbons (Fsp3) is 0.526. The zero-order chi connectivity index (χ0) is 16.8. The molecule has 0 aliphatic carbocycles. The second-order valence-corrected chi connectivity index (χ2v) is 7.74. The molecule has 0 unspecified atom stereocenters. The lowest BCUT2D eigenvalue weighted by molar-refractivity contribution is 0.190. The molecule has 0 spiro atoms. The molecule has 1 aromatic heterocycles. The van der Waals surface area contributed by atoms with Gasteiger partial charge in [-0.15, -0.1) is 0 Å². The maximum absolute atomic E-state index is 4.45. The van der Waals surface area contributed by atoms with Crippen LogP contribution in [0.25, 0.3) is 5.69 Å². The van der Waals surface area contributed by atoms with Crippen LogP contribution in [-0.2, 0) is 6.54 Å². The van der Waals surface area contributed by atoms with Gasteiger partial charge in [0.2, 0.25) is 0 Å². The first-order chi connectivity index (χ1) is 11.7. The van der Waals surface area contributed by atoms with Gasteiger partial charge in [-0.25, -0.2) is 4.68 Å². The molecule has 2 aromatic rings. The van der Waals surface area contributed by atoms with Crippen LogP contribution in [0.2, 0.25) is 0 Å². The highest BCUT2D eigenvalue weighted by molar-refractivity contribution is 9.10. The van der Waals surface area contributed by atoms with Crippen molar-refractivity contribution in [1.82, 2.24) is 20.0 Å². The Hall–Kier alpha value is -1.17. The van der Waals surface area contributed by atoms with Gasteiger partial charge >= 0.3 is 0 Å². The van der Waals surface area contributed by atoms with Gasteiger partial charge in [-0.05, 0) is 75.6 Å². The number of nitrogens with one attached hydrogen (secondary N) is 1. The lowest BCUT2D eigenvalue weighted by atomic mass is 9.99. The standard InChI is InChI=1S/C19H27BrN4/c1-16-7-11-23(12-8-16)10-2-9-21-13-17-14-22-24(15-17)19-5-3-18(20)4-6-19/h3-6,14-16,21H,2,7-13H2,1H3. The summed E-state index contributed by atoms with van der Waals surface area (Å²) in [6, 6.07) is 8.20. The molecule has 1 aliphatic heterocycles. The predicted molar refractivity (Wildman–Crippen MR) is 102 cm³/mol. The van der Waals surface area contributed by atoms with E-state index in [1.807, 2.05) is 23.0 Å². The minimum absolute atomic E-state index is 0.883. The molecule has 0 atom stereocenters. The summed E-state index contributed by atoms with van der Waals surface area (Å²) in [6.07, 6.45) is 7.99. The van der Waals surface area contributed by atoms with Crippen LogP contribution in [0.5, 0.6) is 0 Å². The fourth-order valence-electron chi connectivity index (χ4n) is 3.13. The van der Waals surface area contributed by atoms with E-state index >= 15 is 0 Å². The normalized spacial score (nSPS) is 16.6. The molecule has 3 rings (SSSR count). The Morgan fingerprint density at radius 3 is 2.71 bits per heavy atom. The van der Waals surface area contributed by atoms with Crippen LogP contribution >= 0.6 is 15.9 Å². The largest absolute Gasteiger partial charge is 0.313 e. The molecule has 0 radical (unpaired) electrons. The molecule has 1 aliphatic rings. The molecular weight excluding hydrogens is 364 g/mol. The van der Waals surface area contributed by atoms with E-state index in [2.05, 4.69) is 56.5 Å². The maximum atomic E-state index is 4.45. The number of halogens is 1. The zero-order valence-corrected chi connectivity index (χ0v) is 16.0. The van der Waals surface area contributed by atoms with Crippen molar-refractivity contribution in [2.75, 3.05) is 26.2 Å². The molecule has 0 bridgehead atoms. The average Bonchev–Trinajstić information content (AvgIpc) is 3.06. The molecule has 1 N–H and O–H groups in total. The average molecular weight is 391 g/mol. The molecule has 24 heavy (non-hydrogen) atoms. The minimum Gasteiger partial charge on any atom is -0.313 e. The van der Waals surface area contributed by atoms with Gasteiger partial charge in [0.25, 0.3) is 0 Å². The van der Waals surface area contributed by atoms with E-state index in [1.165, 1.54) is 44.5 Å². The molecule has 0 amide bonds. The molecule has 1 saturated heterocycles. The van der Waals surface area contributed by atoms with Crippen molar-refractivity contribution in [3.8, 4) is 5.69 Å². The first-order valence-electron chi connectivity index (χ1n) is 8.93. The van der Waals surface area contributed by atoms with Crippen LogP contribution in [0.1, 0.15) is 31.7 Å². The molecular formula is C19H27BrN4. The van der Waals surface area contributed by atoms with E-state index < -0.39 is 0 Å². The van der Waals surface area contributed by atoms with Gasteiger partial charge in [0.05, 0.1) is 11.9 Å². The van der Waals surface area contributed by atoms with Gasteiger partial charge in [-0.3, -0.25) is 0 Å². The van der Waals surface area contributed by atoms with Crippen molar-refractivity contribution < 1.29 is 0 Å². The predicted octanol–water partition coefficient (Wildman–Crippen LogP) is 3.85. The lowest BCUT2D eigenvalue weighted by Gasteiger charge is -2.30. The molecule has 130 valence electrons. The third-order valence-corrected chi connectivity index (χ3v) is 5.29. The van der Waals surface area contributed by atoms with Crippen molar-refractivity contribution in [3.63, 3.8) is 0 Å². The number of hydrogen-bond acceptors (Lipinski definition) is 3. The van der Waals surface area contributed by atoms with Crippen molar-refractivity contribution in [1.29, 1.82) is 0 Å². The van der Waals surface area contributed by atoms with Crippen molar-refractivity contribution in [2.45, 2.75) is 32.7 Å². The van der Waals surface area contributed by atoms with Crippen molar-refractivity contribution in [3.05, 3.63) is 46.7 Å². The van der Waals surface area contributed by atoms with Gasteiger partial charge in [-0.2, -0.15) is 5.10 Å². The van der Waals surface area contributed by atoms with Crippen LogP contribution in [0.3, 0.4) is 0 Å². The molecule has 4 nitrogen and oxygen atoms in total. The van der Waals surface area contributed by atoms with Gasteiger partial charge in [0, 0.05) is 22.8 Å². The second kappa shape index (κ2) is 8.79. The Morgan fingerprint density at radius 2 is 1.96 bits per heavy atom. The number of nitrogens with zero attached hydrogens (tertiary/aromatic N) is 3. The van der Waals surface area contributed by atoms with Gasteiger partial charge < -0.3 is 10.2 Å². The number of rotatable bonds is 7. The smallest absolute Gasteiger partial charge is 0.0646 e. The Kier molecular flexibility index (Phi) is 6.46. The Labute approximate surface area is 153 Å². The molecule has 2 heterocycles. The van der Waals surface area contributed by atoms with Crippen LogP contribution in [0, 0.1) is 5.92 Å². The SMILES string of the molecule is CC1CCN(CCCNCc2cnn(-c3ccc(Br)cc3)c2)CC1. The van der Waals surface area contributed by atoms with Gasteiger partial charge in [0.1, 0.15) is 0 Å². The summed E-state index contributed by atoms with van der Waals surface area (Å²) < 4.78 is 3.02.